The number of hydrogen-bond donors (Lipinski definition) is 2. The van der Waals surface area contributed by atoms with Gasteiger partial charge in [-0.2, -0.15) is 8.78 Å². The van der Waals surface area contributed by atoms with E-state index in [4.69, 9.17) is 5.11 Å². The number of alkyl halides is 2. The lowest BCUT2D eigenvalue weighted by Gasteiger charge is -2.23. The van der Waals surface area contributed by atoms with E-state index in [1.54, 1.807) is 6.07 Å². The SMILES string of the molecule is O=C(O)C(F)(F)c1cccc2c1CCNC2. The molecule has 0 bridgehead atoms. The van der Waals surface area contributed by atoms with E-state index >= 15 is 0 Å². The molecule has 1 aliphatic rings. The van der Waals surface area contributed by atoms with Gasteiger partial charge in [-0.15, -0.1) is 0 Å². The van der Waals surface area contributed by atoms with Gasteiger partial charge >= 0.3 is 11.9 Å². The van der Waals surface area contributed by atoms with Crippen LogP contribution in [0.1, 0.15) is 16.7 Å². The fraction of sp³-hybridized carbons (Fsp3) is 0.364. The minimum Gasteiger partial charge on any atom is -0.477 e. The standard InChI is InChI=1S/C11H11F2NO2/c12-11(13,10(15)16)9-3-1-2-7-6-14-5-4-8(7)9/h1-3,14H,4-6H2,(H,15,16). The lowest BCUT2D eigenvalue weighted by atomic mass is 9.92. The summed E-state index contributed by atoms with van der Waals surface area (Å²) in [4.78, 5) is 10.5. The molecule has 5 heteroatoms. The van der Waals surface area contributed by atoms with Crippen LogP contribution in [0.15, 0.2) is 18.2 Å². The van der Waals surface area contributed by atoms with Crippen LogP contribution >= 0.6 is 0 Å². The van der Waals surface area contributed by atoms with Crippen LogP contribution in [0.2, 0.25) is 0 Å². The van der Waals surface area contributed by atoms with Crippen molar-refractivity contribution < 1.29 is 18.7 Å². The predicted octanol–water partition coefficient (Wildman–Crippen LogP) is 1.51. The molecule has 0 spiro atoms. The Morgan fingerprint density at radius 1 is 1.44 bits per heavy atom. The van der Waals surface area contributed by atoms with Gasteiger partial charge in [0.15, 0.2) is 0 Å². The Kier molecular flexibility index (Phi) is 2.63. The number of nitrogens with one attached hydrogen (secondary N) is 1. The van der Waals surface area contributed by atoms with E-state index in [0.29, 0.717) is 25.1 Å². The molecule has 0 aliphatic carbocycles. The van der Waals surface area contributed by atoms with Crippen LogP contribution < -0.4 is 5.32 Å². The fourth-order valence-electron chi connectivity index (χ4n) is 1.94. The molecule has 2 rings (SSSR count). The Hall–Kier alpha value is -1.49. The normalized spacial score (nSPS) is 15.6. The number of halogens is 2. The highest BCUT2D eigenvalue weighted by Gasteiger charge is 2.43. The summed E-state index contributed by atoms with van der Waals surface area (Å²) in [5, 5.41) is 11.6. The molecule has 1 aliphatic heterocycles. The summed E-state index contributed by atoms with van der Waals surface area (Å²) in [6.45, 7) is 1.11. The first-order valence-electron chi connectivity index (χ1n) is 4.96. The summed E-state index contributed by atoms with van der Waals surface area (Å²) >= 11 is 0. The van der Waals surface area contributed by atoms with Crippen molar-refractivity contribution in [3.8, 4) is 0 Å². The Labute approximate surface area is 91.1 Å². The molecule has 16 heavy (non-hydrogen) atoms. The molecule has 3 nitrogen and oxygen atoms in total. The predicted molar refractivity (Wildman–Crippen MR) is 53.4 cm³/mol. The quantitative estimate of drug-likeness (QED) is 0.805. The van der Waals surface area contributed by atoms with Gasteiger partial charge in [-0.1, -0.05) is 18.2 Å². The zero-order valence-electron chi connectivity index (χ0n) is 8.46. The molecule has 0 amide bonds. The highest BCUT2D eigenvalue weighted by atomic mass is 19.3. The Balaban J connectivity index is 2.53. The third-order valence-electron chi connectivity index (χ3n) is 2.75. The van der Waals surface area contributed by atoms with Crippen LogP contribution in [0.3, 0.4) is 0 Å². The van der Waals surface area contributed by atoms with Crippen molar-refractivity contribution in [2.45, 2.75) is 18.9 Å². The molecule has 1 heterocycles. The Bertz CT molecular complexity index is 432. The number of fused-ring (bicyclic) bond motifs is 1. The van der Waals surface area contributed by atoms with Gasteiger partial charge in [0.1, 0.15) is 0 Å². The van der Waals surface area contributed by atoms with Gasteiger partial charge < -0.3 is 10.4 Å². The van der Waals surface area contributed by atoms with E-state index in [-0.39, 0.29) is 5.56 Å². The van der Waals surface area contributed by atoms with Crippen LogP contribution in [0.4, 0.5) is 8.78 Å². The van der Waals surface area contributed by atoms with E-state index in [1.807, 2.05) is 0 Å². The second-order valence-corrected chi connectivity index (χ2v) is 3.75. The second-order valence-electron chi connectivity index (χ2n) is 3.75. The number of benzene rings is 1. The van der Waals surface area contributed by atoms with Crippen LogP contribution in [0, 0.1) is 0 Å². The van der Waals surface area contributed by atoms with Crippen LogP contribution in [0.25, 0.3) is 0 Å². The summed E-state index contributed by atoms with van der Waals surface area (Å²) < 4.78 is 26.9. The molecule has 0 atom stereocenters. The van der Waals surface area contributed by atoms with Gasteiger partial charge in [0.2, 0.25) is 0 Å². The lowest BCUT2D eigenvalue weighted by Crippen LogP contribution is -2.31. The van der Waals surface area contributed by atoms with Crippen molar-refractivity contribution in [3.05, 3.63) is 34.9 Å². The molecule has 1 aromatic rings. The molecule has 0 saturated carbocycles. The van der Waals surface area contributed by atoms with Gasteiger partial charge in [-0.3, -0.25) is 0 Å². The molecule has 0 unspecified atom stereocenters. The van der Waals surface area contributed by atoms with E-state index in [1.165, 1.54) is 12.1 Å². The van der Waals surface area contributed by atoms with Crippen molar-refractivity contribution in [1.29, 1.82) is 0 Å². The zero-order valence-corrected chi connectivity index (χ0v) is 8.46. The molecule has 0 saturated heterocycles. The van der Waals surface area contributed by atoms with Gasteiger partial charge in [0, 0.05) is 12.1 Å². The first kappa shape index (κ1) is 11.0. The largest absolute Gasteiger partial charge is 0.477 e. The van der Waals surface area contributed by atoms with Crippen molar-refractivity contribution >= 4 is 5.97 Å². The minimum absolute atomic E-state index is 0.376. The van der Waals surface area contributed by atoms with Crippen LogP contribution in [-0.2, 0) is 23.7 Å². The molecular weight excluding hydrogens is 216 g/mol. The third kappa shape index (κ3) is 1.67. The summed E-state index contributed by atoms with van der Waals surface area (Å²) in [7, 11) is 0. The summed E-state index contributed by atoms with van der Waals surface area (Å²) in [6.07, 6.45) is 0.439. The fourth-order valence-corrected chi connectivity index (χ4v) is 1.94. The Morgan fingerprint density at radius 3 is 2.88 bits per heavy atom. The van der Waals surface area contributed by atoms with Crippen molar-refractivity contribution in [2.75, 3.05) is 6.54 Å². The van der Waals surface area contributed by atoms with Gasteiger partial charge in [-0.25, -0.2) is 4.79 Å². The highest BCUT2D eigenvalue weighted by Crippen LogP contribution is 2.33. The highest BCUT2D eigenvalue weighted by molar-refractivity contribution is 5.78. The lowest BCUT2D eigenvalue weighted by molar-refractivity contribution is -0.166. The summed E-state index contributed by atoms with van der Waals surface area (Å²) in [5.41, 5.74) is 0.845. The zero-order chi connectivity index (χ0) is 11.8. The summed E-state index contributed by atoms with van der Waals surface area (Å²) in [6, 6.07) is 4.40. The van der Waals surface area contributed by atoms with E-state index < -0.39 is 11.9 Å². The molecule has 0 aromatic heterocycles. The van der Waals surface area contributed by atoms with E-state index in [9.17, 15) is 13.6 Å². The minimum atomic E-state index is -3.80. The van der Waals surface area contributed by atoms with Crippen molar-refractivity contribution in [1.82, 2.24) is 5.32 Å². The average Bonchev–Trinajstić information content (AvgIpc) is 2.28. The van der Waals surface area contributed by atoms with Crippen molar-refractivity contribution in [2.24, 2.45) is 0 Å². The maximum Gasteiger partial charge on any atom is 0.379 e. The first-order valence-corrected chi connectivity index (χ1v) is 4.96. The molecule has 2 N–H and O–H groups in total. The average molecular weight is 227 g/mol. The van der Waals surface area contributed by atoms with Gasteiger partial charge in [-0.05, 0) is 24.1 Å². The molecular formula is C11H11F2NO2. The number of hydrogen-bond acceptors (Lipinski definition) is 2. The number of rotatable bonds is 2. The van der Waals surface area contributed by atoms with Crippen molar-refractivity contribution in [3.63, 3.8) is 0 Å². The Morgan fingerprint density at radius 2 is 2.19 bits per heavy atom. The van der Waals surface area contributed by atoms with Crippen LogP contribution in [0.5, 0.6) is 0 Å². The smallest absolute Gasteiger partial charge is 0.379 e. The number of carbonyl (C=O) groups is 1. The third-order valence-corrected chi connectivity index (χ3v) is 2.75. The first-order chi connectivity index (χ1) is 7.53. The number of carboxylic acid groups (broad SMARTS) is 1. The maximum absolute atomic E-state index is 13.4. The number of carboxylic acids is 1. The van der Waals surface area contributed by atoms with Gasteiger partial charge in [0.05, 0.1) is 0 Å². The monoisotopic (exact) mass is 227 g/mol. The van der Waals surface area contributed by atoms with Gasteiger partial charge in [0.25, 0.3) is 0 Å². The number of aliphatic carboxylic acids is 1. The maximum atomic E-state index is 13.4. The van der Waals surface area contributed by atoms with E-state index in [0.717, 1.165) is 5.56 Å². The topological polar surface area (TPSA) is 49.3 Å². The summed E-state index contributed by atoms with van der Waals surface area (Å²) in [5.74, 6) is -5.90. The molecule has 0 radical (unpaired) electrons. The molecule has 86 valence electrons. The van der Waals surface area contributed by atoms with Crippen LogP contribution in [-0.4, -0.2) is 17.6 Å². The second kappa shape index (κ2) is 3.83. The molecule has 0 fully saturated rings. The van der Waals surface area contributed by atoms with E-state index in [2.05, 4.69) is 5.32 Å². The molecule has 1 aromatic carbocycles.